The van der Waals surface area contributed by atoms with Gasteiger partial charge in [0.2, 0.25) is 0 Å². The molecule has 1 aromatic rings. The molecule has 3 nitrogen and oxygen atoms in total. The molecule has 0 saturated heterocycles. The molecule has 0 aliphatic carbocycles. The number of hydrogen-bond acceptors (Lipinski definition) is 2. The smallest absolute Gasteiger partial charge is 0.258 e. The van der Waals surface area contributed by atoms with Gasteiger partial charge in [-0.25, -0.2) is 0 Å². The highest BCUT2D eigenvalue weighted by Crippen LogP contribution is 2.35. The first-order valence-corrected chi connectivity index (χ1v) is 7.36. The van der Waals surface area contributed by atoms with Crippen molar-refractivity contribution in [1.82, 2.24) is 0 Å². The summed E-state index contributed by atoms with van der Waals surface area (Å²) >= 11 is 6.10. The second-order valence-corrected chi connectivity index (χ2v) is 5.38. The third kappa shape index (κ3) is 3.47. The highest BCUT2D eigenvalue weighted by atomic mass is 35.5. The Morgan fingerprint density at radius 1 is 1.16 bits per heavy atom. The van der Waals surface area contributed by atoms with Gasteiger partial charge < -0.3 is 0 Å². The van der Waals surface area contributed by atoms with E-state index in [2.05, 4.69) is 27.7 Å². The number of hydrogen-bond donors (Lipinski definition) is 0. The van der Waals surface area contributed by atoms with E-state index in [4.69, 9.17) is 11.6 Å². The van der Waals surface area contributed by atoms with Gasteiger partial charge in [0.1, 0.15) is 0 Å². The molecule has 0 spiro atoms. The van der Waals surface area contributed by atoms with Crippen LogP contribution in [0, 0.1) is 10.1 Å². The van der Waals surface area contributed by atoms with Gasteiger partial charge >= 0.3 is 0 Å². The van der Waals surface area contributed by atoms with Crippen LogP contribution in [0.4, 0.5) is 5.69 Å². The SMILES string of the molecule is CCC(C)c1cc([N+](=O)[O-])cc(C(C)CC)c1CCl. The van der Waals surface area contributed by atoms with Crippen LogP contribution in [0.3, 0.4) is 0 Å². The zero-order valence-corrected chi connectivity index (χ0v) is 12.8. The first kappa shape index (κ1) is 16.0. The second-order valence-electron chi connectivity index (χ2n) is 5.11. The van der Waals surface area contributed by atoms with E-state index in [1.807, 2.05) is 0 Å². The van der Waals surface area contributed by atoms with E-state index in [9.17, 15) is 10.1 Å². The molecule has 1 aromatic carbocycles. The van der Waals surface area contributed by atoms with Crippen LogP contribution in [-0.4, -0.2) is 4.92 Å². The molecule has 0 aliphatic heterocycles. The lowest BCUT2D eigenvalue weighted by Crippen LogP contribution is -2.06. The van der Waals surface area contributed by atoms with Crippen LogP contribution in [0.15, 0.2) is 12.1 Å². The van der Waals surface area contributed by atoms with Gasteiger partial charge in [-0.3, -0.25) is 10.1 Å². The van der Waals surface area contributed by atoms with Crippen LogP contribution in [-0.2, 0) is 5.88 Å². The van der Waals surface area contributed by atoms with Crippen molar-refractivity contribution in [3.63, 3.8) is 0 Å². The fourth-order valence-corrected chi connectivity index (χ4v) is 2.59. The van der Waals surface area contributed by atoms with Gasteiger partial charge in [0.25, 0.3) is 5.69 Å². The second kappa shape index (κ2) is 6.90. The highest BCUT2D eigenvalue weighted by molar-refractivity contribution is 6.17. The van der Waals surface area contributed by atoms with E-state index in [1.165, 1.54) is 0 Å². The third-order valence-corrected chi connectivity index (χ3v) is 4.20. The van der Waals surface area contributed by atoms with E-state index in [1.54, 1.807) is 12.1 Å². The predicted octanol–water partition coefficient (Wildman–Crippen LogP) is 5.36. The lowest BCUT2D eigenvalue weighted by molar-refractivity contribution is -0.385. The molecule has 19 heavy (non-hydrogen) atoms. The number of benzene rings is 1. The number of nitrogens with zero attached hydrogens (tertiary/aromatic N) is 1. The van der Waals surface area contributed by atoms with Crippen molar-refractivity contribution in [2.45, 2.75) is 58.3 Å². The van der Waals surface area contributed by atoms with E-state index in [-0.39, 0.29) is 22.4 Å². The van der Waals surface area contributed by atoms with Crippen LogP contribution in [0.2, 0.25) is 0 Å². The molecular formula is C15H22ClNO2. The lowest BCUT2D eigenvalue weighted by atomic mass is 9.86. The van der Waals surface area contributed by atoms with Crippen molar-refractivity contribution >= 4 is 17.3 Å². The normalized spacial score (nSPS) is 14.2. The monoisotopic (exact) mass is 283 g/mol. The van der Waals surface area contributed by atoms with Gasteiger partial charge in [-0.05, 0) is 41.4 Å². The van der Waals surface area contributed by atoms with Crippen LogP contribution in [0.1, 0.15) is 69.1 Å². The number of nitro benzene ring substituents is 1. The van der Waals surface area contributed by atoms with Crippen LogP contribution < -0.4 is 0 Å². The lowest BCUT2D eigenvalue weighted by Gasteiger charge is -2.20. The predicted molar refractivity (Wildman–Crippen MR) is 80.1 cm³/mol. The van der Waals surface area contributed by atoms with Gasteiger partial charge in [0, 0.05) is 18.0 Å². The molecule has 0 radical (unpaired) electrons. The van der Waals surface area contributed by atoms with E-state index < -0.39 is 0 Å². The Balaban J connectivity index is 3.51. The highest BCUT2D eigenvalue weighted by Gasteiger charge is 2.21. The molecule has 0 aromatic heterocycles. The van der Waals surface area contributed by atoms with Crippen LogP contribution in [0.5, 0.6) is 0 Å². The Bertz CT molecular complexity index is 428. The van der Waals surface area contributed by atoms with E-state index in [0.717, 1.165) is 29.5 Å². The molecule has 2 unspecified atom stereocenters. The van der Waals surface area contributed by atoms with Crippen molar-refractivity contribution in [1.29, 1.82) is 0 Å². The Kier molecular flexibility index (Phi) is 5.80. The largest absolute Gasteiger partial charge is 0.270 e. The summed E-state index contributed by atoms with van der Waals surface area (Å²) < 4.78 is 0. The Hall–Kier alpha value is -1.09. The van der Waals surface area contributed by atoms with Crippen molar-refractivity contribution in [3.8, 4) is 0 Å². The fourth-order valence-electron chi connectivity index (χ4n) is 2.28. The first-order chi connectivity index (χ1) is 8.96. The van der Waals surface area contributed by atoms with E-state index in [0.29, 0.717) is 5.88 Å². The average Bonchev–Trinajstić information content (AvgIpc) is 2.43. The molecule has 0 bridgehead atoms. The number of halogens is 1. The Morgan fingerprint density at radius 3 is 1.84 bits per heavy atom. The maximum atomic E-state index is 11.1. The molecule has 1 rings (SSSR count). The molecule has 0 amide bonds. The van der Waals surface area contributed by atoms with Crippen LogP contribution >= 0.6 is 11.6 Å². The maximum Gasteiger partial charge on any atom is 0.270 e. The molecule has 0 aliphatic rings. The summed E-state index contributed by atoms with van der Waals surface area (Å²) in [4.78, 5) is 10.8. The van der Waals surface area contributed by atoms with Gasteiger partial charge in [0.15, 0.2) is 0 Å². The zero-order chi connectivity index (χ0) is 14.6. The minimum atomic E-state index is -0.310. The number of non-ortho nitro benzene ring substituents is 1. The molecule has 0 fully saturated rings. The van der Waals surface area contributed by atoms with E-state index >= 15 is 0 Å². The quantitative estimate of drug-likeness (QED) is 0.401. The number of alkyl halides is 1. The summed E-state index contributed by atoms with van der Waals surface area (Å²) in [5, 5.41) is 11.1. The molecule has 0 saturated carbocycles. The summed E-state index contributed by atoms with van der Waals surface area (Å²) in [5.74, 6) is 0.991. The summed E-state index contributed by atoms with van der Waals surface area (Å²) in [6.45, 7) is 8.36. The molecule has 0 heterocycles. The Labute approximate surface area is 120 Å². The minimum absolute atomic E-state index is 0.180. The van der Waals surface area contributed by atoms with Crippen molar-refractivity contribution in [2.24, 2.45) is 0 Å². The summed E-state index contributed by atoms with van der Waals surface area (Å²) in [5.41, 5.74) is 3.32. The van der Waals surface area contributed by atoms with Crippen molar-refractivity contribution in [3.05, 3.63) is 38.9 Å². The molecule has 106 valence electrons. The topological polar surface area (TPSA) is 43.1 Å². The first-order valence-electron chi connectivity index (χ1n) is 6.83. The number of nitro groups is 1. The van der Waals surface area contributed by atoms with Crippen molar-refractivity contribution < 1.29 is 4.92 Å². The Morgan fingerprint density at radius 2 is 1.58 bits per heavy atom. The summed E-state index contributed by atoms with van der Waals surface area (Å²) in [6.07, 6.45) is 1.90. The fraction of sp³-hybridized carbons (Fsp3) is 0.600. The maximum absolute atomic E-state index is 11.1. The molecule has 2 atom stereocenters. The van der Waals surface area contributed by atoms with Gasteiger partial charge in [-0.15, -0.1) is 11.6 Å². The molecular weight excluding hydrogens is 262 g/mol. The summed E-state index contributed by atoms with van der Waals surface area (Å²) in [6, 6.07) is 3.38. The average molecular weight is 284 g/mol. The minimum Gasteiger partial charge on any atom is -0.258 e. The van der Waals surface area contributed by atoms with Crippen molar-refractivity contribution in [2.75, 3.05) is 0 Å². The summed E-state index contributed by atoms with van der Waals surface area (Å²) in [7, 11) is 0. The van der Waals surface area contributed by atoms with Crippen LogP contribution in [0.25, 0.3) is 0 Å². The van der Waals surface area contributed by atoms with Gasteiger partial charge in [-0.2, -0.15) is 0 Å². The zero-order valence-electron chi connectivity index (χ0n) is 12.1. The molecule has 4 heteroatoms. The number of rotatable bonds is 6. The molecule has 0 N–H and O–H groups in total. The standard InChI is InChI=1S/C15H22ClNO2/c1-5-10(3)13-7-12(17(18)19)8-14(11(4)6-2)15(13)9-16/h7-8,10-11H,5-6,9H2,1-4H3. The third-order valence-electron chi connectivity index (χ3n) is 3.93. The van der Waals surface area contributed by atoms with Gasteiger partial charge in [-0.1, -0.05) is 27.7 Å². The van der Waals surface area contributed by atoms with Gasteiger partial charge in [0.05, 0.1) is 4.92 Å².